The monoisotopic (exact) mass is 1400 g/mol. The maximum absolute atomic E-state index is 16.2. The van der Waals surface area contributed by atoms with Crippen LogP contribution in [0.5, 0.6) is 5.75 Å². The Kier molecular flexibility index (Phi) is 27.1. The van der Waals surface area contributed by atoms with Gasteiger partial charge in [0.2, 0.25) is 17.7 Å². The Morgan fingerprint density at radius 3 is 2.34 bits per heavy atom. The van der Waals surface area contributed by atoms with Gasteiger partial charge in [-0.1, -0.05) is 94.5 Å². The van der Waals surface area contributed by atoms with Crippen LogP contribution in [-0.2, 0) is 54.1 Å². The molecule has 5 rings (SSSR count). The lowest BCUT2D eigenvalue weighted by Crippen LogP contribution is -2.63. The van der Waals surface area contributed by atoms with Crippen molar-refractivity contribution in [3.05, 3.63) is 75.9 Å². The molecule has 1 unspecified atom stereocenters. The Morgan fingerprint density at radius 1 is 1.02 bits per heavy atom. The molecule has 0 spiro atoms. The van der Waals surface area contributed by atoms with Crippen LogP contribution >= 0.6 is 43.5 Å². The molecule has 0 aliphatic carbocycles. The first-order valence-corrected chi connectivity index (χ1v) is 31.6. The van der Waals surface area contributed by atoms with Crippen LogP contribution in [0.3, 0.4) is 0 Å². The molecule has 0 radical (unpaired) electrons. The molecule has 2 fully saturated rings. The van der Waals surface area contributed by atoms with Gasteiger partial charge in [-0.25, -0.2) is 23.2 Å². The van der Waals surface area contributed by atoms with Gasteiger partial charge in [-0.3, -0.25) is 29.8 Å². The number of aldehydes is 2. The molecule has 3 heterocycles. The molecular formula is C60H82Br2ClF2N9O15. The van der Waals surface area contributed by atoms with Gasteiger partial charge < -0.3 is 75.2 Å². The van der Waals surface area contributed by atoms with Crippen molar-refractivity contribution in [1.29, 1.82) is 0 Å². The normalized spacial score (nSPS) is 24.4. The summed E-state index contributed by atoms with van der Waals surface area (Å²) < 4.78 is 61.6. The lowest BCUT2D eigenvalue weighted by molar-refractivity contribution is -0.158. The SMILES string of the molecule is COc1cc2cc(c1Cl)N(C)C(=O)C[C@H](OC(=O)[C@H](C)N(C)C(=O)c1cc(F)c(NC(=O)[C@H](CCCNC(N)=O)NC(=O)[C@@H](NC(C=O)CCCCNC(C=O)(CBr)CBr)C(C)C)cc1F)[C@]1(C)O[C@H]1[C@H](C)[C@@H]1C[C@@](O)(NC(=O)O1)[C@H](OC)/C=C/C=C(\C)C2. The molecule has 7 amide bonds. The van der Waals surface area contributed by atoms with Crippen LogP contribution in [0.2, 0.25) is 5.02 Å². The predicted molar refractivity (Wildman–Crippen MR) is 334 cm³/mol. The van der Waals surface area contributed by atoms with Crippen LogP contribution in [0.1, 0.15) is 102 Å². The quantitative estimate of drug-likeness (QED) is 0.0176. The van der Waals surface area contributed by atoms with Crippen LogP contribution in [0.4, 0.5) is 29.7 Å². The summed E-state index contributed by atoms with van der Waals surface area (Å²) in [6.45, 7) is 10.2. The highest BCUT2D eigenvalue weighted by Crippen LogP contribution is 2.49. The maximum Gasteiger partial charge on any atom is 0.409 e. The second-order valence-electron chi connectivity index (χ2n) is 23.2. The number of primary amides is 1. The fourth-order valence-corrected chi connectivity index (χ4v) is 12.4. The van der Waals surface area contributed by atoms with Gasteiger partial charge >= 0.3 is 18.1 Å². The molecule has 0 aromatic heterocycles. The number of nitrogens with one attached hydrogen (secondary N) is 6. The van der Waals surface area contributed by atoms with Gasteiger partial charge in [-0.05, 0) is 89.1 Å². The van der Waals surface area contributed by atoms with E-state index in [4.69, 9.17) is 41.0 Å². The predicted octanol–water partition coefficient (Wildman–Crippen LogP) is 5.65. The topological polar surface area (TPSA) is 328 Å². The van der Waals surface area contributed by atoms with Crippen LogP contribution in [0.25, 0.3) is 0 Å². The molecule has 11 atom stereocenters. The zero-order chi connectivity index (χ0) is 66.3. The highest BCUT2D eigenvalue weighted by Gasteiger charge is 2.64. The van der Waals surface area contributed by atoms with Crippen molar-refractivity contribution in [2.24, 2.45) is 17.6 Å². The number of unbranched alkanes of at least 4 members (excludes halogenated alkanes) is 1. The molecule has 2 saturated heterocycles. The van der Waals surface area contributed by atoms with Crippen molar-refractivity contribution in [2.75, 3.05) is 62.3 Å². The Morgan fingerprint density at radius 2 is 1.72 bits per heavy atom. The van der Waals surface area contributed by atoms with Crippen molar-refractivity contribution < 1.29 is 80.7 Å². The Balaban J connectivity index is 1.36. The number of amides is 7. The number of fused-ring (bicyclic) bond motifs is 5. The fraction of sp³-hybridized carbons (Fsp3) is 0.583. The van der Waals surface area contributed by atoms with E-state index in [0.29, 0.717) is 66.9 Å². The van der Waals surface area contributed by atoms with Gasteiger partial charge in [-0.2, -0.15) is 0 Å². The summed E-state index contributed by atoms with van der Waals surface area (Å²) in [7, 11) is 5.39. The molecule has 2 aromatic rings. The van der Waals surface area contributed by atoms with Crippen molar-refractivity contribution in [2.45, 2.75) is 158 Å². The molecule has 3 aliphatic heterocycles. The van der Waals surface area contributed by atoms with Crippen LogP contribution in [0.15, 0.2) is 48.1 Å². The number of hydrogen-bond acceptors (Lipinski definition) is 17. The van der Waals surface area contributed by atoms with E-state index in [1.165, 1.54) is 33.1 Å². The third-order valence-electron chi connectivity index (χ3n) is 16.2. The summed E-state index contributed by atoms with van der Waals surface area (Å²) in [6, 6.07) is -1.17. The third kappa shape index (κ3) is 19.0. The second-order valence-corrected chi connectivity index (χ2v) is 24.7. The first-order valence-electron chi connectivity index (χ1n) is 29.0. The van der Waals surface area contributed by atoms with Crippen LogP contribution < -0.4 is 47.3 Å². The molecular weight excluding hydrogens is 1320 g/mol. The fourth-order valence-electron chi connectivity index (χ4n) is 10.5. The number of halogens is 5. The lowest BCUT2D eigenvalue weighted by atomic mass is 9.83. The van der Waals surface area contributed by atoms with Gasteiger partial charge in [-0.15, -0.1) is 0 Å². The van der Waals surface area contributed by atoms with Crippen LogP contribution in [0, 0.1) is 23.5 Å². The van der Waals surface area contributed by atoms with Crippen molar-refractivity contribution >= 4 is 109 Å². The Bertz CT molecular complexity index is 2980. The minimum absolute atomic E-state index is 0.0276. The maximum atomic E-state index is 16.2. The van der Waals surface area contributed by atoms with E-state index in [0.717, 1.165) is 23.8 Å². The number of allylic oxidation sites excluding steroid dienone is 3. The summed E-state index contributed by atoms with van der Waals surface area (Å²) in [5.41, 5.74) is 1.17. The number of esters is 1. The molecule has 89 heavy (non-hydrogen) atoms. The number of nitrogens with zero attached hydrogens (tertiary/aromatic N) is 2. The van der Waals surface area contributed by atoms with E-state index in [2.05, 4.69) is 63.8 Å². The third-order valence-corrected chi connectivity index (χ3v) is 18.6. The number of anilines is 2. The molecule has 29 heteroatoms. The minimum Gasteiger partial charge on any atom is -0.495 e. The summed E-state index contributed by atoms with van der Waals surface area (Å²) >= 11 is 13.5. The number of benzene rings is 2. The molecule has 4 bridgehead atoms. The van der Waals surface area contributed by atoms with Crippen molar-refractivity contribution in [3.63, 3.8) is 0 Å². The second kappa shape index (κ2) is 32.7. The van der Waals surface area contributed by atoms with E-state index >= 15 is 8.78 Å². The molecule has 2 aromatic carbocycles. The number of carbonyl (C=O) groups excluding carboxylic acids is 9. The number of epoxide rings is 1. The van der Waals surface area contributed by atoms with E-state index in [9.17, 15) is 48.3 Å². The number of alkyl halides is 2. The summed E-state index contributed by atoms with van der Waals surface area (Å²) in [5.74, 6) is -8.13. The zero-order valence-electron chi connectivity index (χ0n) is 51.5. The molecule has 3 aliphatic rings. The van der Waals surface area contributed by atoms with E-state index in [1.54, 1.807) is 58.1 Å². The first kappa shape index (κ1) is 73.6. The number of alkyl carbamates (subject to hydrolysis) is 1. The van der Waals surface area contributed by atoms with Crippen molar-refractivity contribution in [3.8, 4) is 5.75 Å². The molecule has 492 valence electrons. The van der Waals surface area contributed by atoms with Gasteiger partial charge in [0.15, 0.2) is 5.72 Å². The van der Waals surface area contributed by atoms with E-state index in [1.807, 2.05) is 6.92 Å². The standard InChI is InChI=1S/C60H82Br2ClF2N9O15/c1-32(2)50(69-37(28-75)16-11-12-20-68-59(29-61,30-62)31-76)53(79)70-41(17-14-19-67-56(66)82)52(78)71-42-25-39(64)38(24-40(42)65)54(80)73(7)35(5)55(81)88-47-26-48(77)74(8)43-22-36(23-44(85-9)49(43)63)21-33(3)15-13-18-46(86-10)60(84)27-45(87-57(83)72-60)34(4)51-58(47,6)89-51/h13,15,18,22-25,28,31-32,34-35,37,41,45-47,50-51,68-69,84H,11-12,14,16-17,19-21,26-27,29-30H2,1-10H3,(H,70,79)(H,71,78)(H,72,83)(H3,66,67,82)/b18-13+,33-15+/t34-,35+,37?,41+,45+,46-,47+,50+,51+,58+,60+/m1/s1. The van der Waals surface area contributed by atoms with Crippen LogP contribution in [-0.4, -0.2) is 182 Å². The number of urea groups is 1. The van der Waals surface area contributed by atoms with E-state index in [-0.39, 0.29) is 42.3 Å². The number of methoxy groups -OCH3 is 2. The highest BCUT2D eigenvalue weighted by molar-refractivity contribution is 9.10. The average Bonchev–Trinajstić information content (AvgIpc) is 1.75. The molecule has 24 nitrogen and oxygen atoms in total. The summed E-state index contributed by atoms with van der Waals surface area (Å²) in [5, 5.41) is 28.7. The smallest absolute Gasteiger partial charge is 0.409 e. The largest absolute Gasteiger partial charge is 0.495 e. The Labute approximate surface area is 538 Å². The molecule has 0 saturated carbocycles. The van der Waals surface area contributed by atoms with Gasteiger partial charge in [0, 0.05) is 56.8 Å². The Hall–Kier alpha value is -6.14. The molecule has 9 N–H and O–H groups in total. The average molecular weight is 1400 g/mol. The number of ether oxygens (including phenoxy) is 5. The minimum atomic E-state index is -1.97. The summed E-state index contributed by atoms with van der Waals surface area (Å²) in [6.07, 6.45) is 2.20. The summed E-state index contributed by atoms with van der Waals surface area (Å²) in [4.78, 5) is 121. The number of aliphatic hydroxyl groups is 1. The number of rotatable bonds is 27. The number of nitrogens with two attached hydrogens (primary N) is 1. The highest BCUT2D eigenvalue weighted by atomic mass is 79.9. The zero-order valence-corrected chi connectivity index (χ0v) is 55.4. The number of hydrogen-bond donors (Lipinski definition) is 8. The van der Waals surface area contributed by atoms with Gasteiger partial charge in [0.25, 0.3) is 5.91 Å². The first-order chi connectivity index (χ1) is 41.9. The number of likely N-dealkylation sites (N-methyl/N-ethyl adjacent to an activating group) is 1. The lowest BCUT2D eigenvalue weighted by Gasteiger charge is -2.42. The number of carbonyl (C=O) groups is 9. The van der Waals surface area contributed by atoms with Gasteiger partial charge in [0.05, 0.1) is 54.2 Å². The van der Waals surface area contributed by atoms with Crippen molar-refractivity contribution in [1.82, 2.24) is 31.5 Å². The van der Waals surface area contributed by atoms with E-state index < -0.39 is 148 Å². The van der Waals surface area contributed by atoms with Gasteiger partial charge in [0.1, 0.15) is 71.0 Å².